The number of anilines is 2. The van der Waals surface area contributed by atoms with Gasteiger partial charge in [-0.25, -0.2) is 0 Å². The third-order valence-electron chi connectivity index (χ3n) is 3.10. The number of rotatable bonds is 4. The highest BCUT2D eigenvalue weighted by Crippen LogP contribution is 2.28. The van der Waals surface area contributed by atoms with Crippen molar-refractivity contribution in [2.75, 3.05) is 37.4 Å². The van der Waals surface area contributed by atoms with Crippen molar-refractivity contribution in [3.63, 3.8) is 0 Å². The van der Waals surface area contributed by atoms with E-state index in [0.717, 1.165) is 31.8 Å². The maximum atomic E-state index is 5.85. The number of hydrogen-bond donors (Lipinski definition) is 1. The van der Waals surface area contributed by atoms with Crippen molar-refractivity contribution < 1.29 is 4.74 Å². The minimum Gasteiger partial charge on any atom is -0.399 e. The lowest BCUT2D eigenvalue weighted by molar-refractivity contribution is 0.196. The lowest BCUT2D eigenvalue weighted by Gasteiger charge is -2.31. The normalized spacial score (nSPS) is 14.9. The summed E-state index contributed by atoms with van der Waals surface area (Å²) in [6.45, 7) is 3.03. The van der Waals surface area contributed by atoms with Crippen LogP contribution in [-0.2, 0) is 11.2 Å². The second-order valence-corrected chi connectivity index (χ2v) is 4.33. The van der Waals surface area contributed by atoms with E-state index in [4.69, 9.17) is 10.5 Å². The summed E-state index contributed by atoms with van der Waals surface area (Å²) in [5.74, 6) is 0. The van der Waals surface area contributed by atoms with Gasteiger partial charge in [-0.3, -0.25) is 0 Å². The second kappa shape index (κ2) is 5.21. The fourth-order valence-electron chi connectivity index (χ4n) is 2.30. The van der Waals surface area contributed by atoms with E-state index in [1.165, 1.54) is 24.1 Å². The molecule has 0 atom stereocenters. The molecule has 1 aliphatic heterocycles. The van der Waals surface area contributed by atoms with Crippen LogP contribution in [0.3, 0.4) is 0 Å². The van der Waals surface area contributed by atoms with E-state index in [2.05, 4.69) is 17.0 Å². The molecule has 2 rings (SSSR count). The summed E-state index contributed by atoms with van der Waals surface area (Å²) in [5.41, 5.74) is 9.46. The smallest absolute Gasteiger partial charge is 0.0479 e. The zero-order chi connectivity index (χ0) is 11.4. The van der Waals surface area contributed by atoms with Gasteiger partial charge in [0.2, 0.25) is 0 Å². The highest BCUT2D eigenvalue weighted by atomic mass is 16.5. The van der Waals surface area contributed by atoms with Gasteiger partial charge in [0.25, 0.3) is 0 Å². The molecule has 0 aromatic heterocycles. The number of ether oxygens (including phenoxy) is 1. The molecular formula is C13H20N2O. The van der Waals surface area contributed by atoms with E-state index in [-0.39, 0.29) is 0 Å². The number of fused-ring (bicyclic) bond motifs is 1. The Hall–Kier alpha value is -1.22. The number of hydrogen-bond acceptors (Lipinski definition) is 3. The molecule has 0 spiro atoms. The molecule has 0 saturated carbocycles. The van der Waals surface area contributed by atoms with Crippen LogP contribution < -0.4 is 10.6 Å². The first-order valence-corrected chi connectivity index (χ1v) is 5.93. The topological polar surface area (TPSA) is 38.5 Å². The highest BCUT2D eigenvalue weighted by Gasteiger charge is 2.16. The summed E-state index contributed by atoms with van der Waals surface area (Å²) in [6.07, 6.45) is 3.49. The summed E-state index contributed by atoms with van der Waals surface area (Å²) in [6, 6.07) is 6.26. The largest absolute Gasteiger partial charge is 0.399 e. The van der Waals surface area contributed by atoms with Crippen LogP contribution in [-0.4, -0.2) is 26.8 Å². The van der Waals surface area contributed by atoms with E-state index in [0.29, 0.717) is 0 Å². The lowest BCUT2D eigenvalue weighted by atomic mass is 10.0. The molecule has 0 radical (unpaired) electrons. The Labute approximate surface area is 97.2 Å². The number of aryl methyl sites for hydroxylation is 1. The van der Waals surface area contributed by atoms with Gasteiger partial charge < -0.3 is 15.4 Å². The van der Waals surface area contributed by atoms with E-state index in [9.17, 15) is 0 Å². The molecule has 1 heterocycles. The fourth-order valence-corrected chi connectivity index (χ4v) is 2.30. The first-order valence-electron chi connectivity index (χ1n) is 5.93. The molecule has 0 aliphatic carbocycles. The van der Waals surface area contributed by atoms with Crippen molar-refractivity contribution in [1.82, 2.24) is 0 Å². The van der Waals surface area contributed by atoms with E-state index in [1.54, 1.807) is 7.11 Å². The quantitative estimate of drug-likeness (QED) is 0.623. The van der Waals surface area contributed by atoms with Gasteiger partial charge in [0.1, 0.15) is 0 Å². The van der Waals surface area contributed by atoms with E-state index >= 15 is 0 Å². The van der Waals surface area contributed by atoms with Crippen molar-refractivity contribution in [2.24, 2.45) is 0 Å². The maximum Gasteiger partial charge on any atom is 0.0479 e. The predicted molar refractivity (Wildman–Crippen MR) is 67.9 cm³/mol. The van der Waals surface area contributed by atoms with Crippen molar-refractivity contribution in [3.8, 4) is 0 Å². The Kier molecular flexibility index (Phi) is 3.67. The van der Waals surface area contributed by atoms with Crippen molar-refractivity contribution >= 4 is 11.4 Å². The van der Waals surface area contributed by atoms with Gasteiger partial charge in [-0.15, -0.1) is 0 Å². The number of benzene rings is 1. The van der Waals surface area contributed by atoms with Crippen LogP contribution in [0.4, 0.5) is 11.4 Å². The Morgan fingerprint density at radius 2 is 2.31 bits per heavy atom. The summed E-state index contributed by atoms with van der Waals surface area (Å²) >= 11 is 0. The zero-order valence-electron chi connectivity index (χ0n) is 9.91. The van der Waals surface area contributed by atoms with Gasteiger partial charge in [-0.05, 0) is 37.0 Å². The molecule has 0 bridgehead atoms. The van der Waals surface area contributed by atoms with Crippen LogP contribution in [0.2, 0.25) is 0 Å². The minimum atomic E-state index is 0.828. The van der Waals surface area contributed by atoms with Gasteiger partial charge in [0, 0.05) is 38.2 Å². The third-order valence-corrected chi connectivity index (χ3v) is 3.10. The summed E-state index contributed by atoms with van der Waals surface area (Å²) < 4.78 is 5.09. The van der Waals surface area contributed by atoms with Gasteiger partial charge in [0.05, 0.1) is 0 Å². The molecule has 0 amide bonds. The minimum absolute atomic E-state index is 0.828. The Morgan fingerprint density at radius 3 is 3.12 bits per heavy atom. The van der Waals surface area contributed by atoms with Crippen LogP contribution in [0.1, 0.15) is 18.4 Å². The number of nitrogens with zero attached hydrogens (tertiary/aromatic N) is 1. The van der Waals surface area contributed by atoms with Crippen LogP contribution in [0, 0.1) is 0 Å². The molecule has 88 valence electrons. The molecule has 3 nitrogen and oxygen atoms in total. The summed E-state index contributed by atoms with van der Waals surface area (Å²) in [5, 5.41) is 0. The Bertz CT molecular complexity index is 352. The number of nitrogens with two attached hydrogens (primary N) is 1. The lowest BCUT2D eigenvalue weighted by Crippen LogP contribution is -2.30. The molecule has 0 saturated heterocycles. The molecule has 2 N–H and O–H groups in total. The van der Waals surface area contributed by atoms with Crippen molar-refractivity contribution in [2.45, 2.75) is 19.3 Å². The van der Waals surface area contributed by atoms with Gasteiger partial charge in [0.15, 0.2) is 0 Å². The van der Waals surface area contributed by atoms with Gasteiger partial charge >= 0.3 is 0 Å². The van der Waals surface area contributed by atoms with Crippen LogP contribution in [0.25, 0.3) is 0 Å². The molecule has 1 aliphatic rings. The molecule has 16 heavy (non-hydrogen) atoms. The average Bonchev–Trinajstić information content (AvgIpc) is 2.30. The monoisotopic (exact) mass is 220 g/mol. The maximum absolute atomic E-state index is 5.85. The highest BCUT2D eigenvalue weighted by molar-refractivity contribution is 5.62. The first-order chi connectivity index (χ1) is 7.81. The molecule has 1 aromatic rings. The van der Waals surface area contributed by atoms with Crippen LogP contribution >= 0.6 is 0 Å². The van der Waals surface area contributed by atoms with Gasteiger partial charge in [-0.2, -0.15) is 0 Å². The van der Waals surface area contributed by atoms with E-state index in [1.807, 2.05) is 6.07 Å². The van der Waals surface area contributed by atoms with Crippen LogP contribution in [0.15, 0.2) is 18.2 Å². The predicted octanol–water partition coefficient (Wildman–Crippen LogP) is 2.06. The van der Waals surface area contributed by atoms with Crippen molar-refractivity contribution in [3.05, 3.63) is 23.8 Å². The van der Waals surface area contributed by atoms with Crippen molar-refractivity contribution in [1.29, 1.82) is 0 Å². The molecule has 0 unspecified atom stereocenters. The summed E-state index contributed by atoms with van der Waals surface area (Å²) in [7, 11) is 1.75. The third kappa shape index (κ3) is 2.47. The molecule has 0 fully saturated rings. The molecule has 3 heteroatoms. The second-order valence-electron chi connectivity index (χ2n) is 4.33. The standard InChI is InChI=1S/C13H20N2O/c1-16-9-3-8-15-7-2-4-11-5-6-12(14)10-13(11)15/h5-6,10H,2-4,7-9,14H2,1H3. The Morgan fingerprint density at radius 1 is 1.44 bits per heavy atom. The Balaban J connectivity index is 2.09. The fraction of sp³-hybridized carbons (Fsp3) is 0.538. The number of methoxy groups -OCH3 is 1. The first kappa shape index (κ1) is 11.3. The van der Waals surface area contributed by atoms with Crippen LogP contribution in [0.5, 0.6) is 0 Å². The number of nitrogen functional groups attached to an aromatic ring is 1. The van der Waals surface area contributed by atoms with Gasteiger partial charge in [-0.1, -0.05) is 6.07 Å². The van der Waals surface area contributed by atoms with E-state index < -0.39 is 0 Å². The molecule has 1 aromatic carbocycles. The SMILES string of the molecule is COCCCN1CCCc2ccc(N)cc21. The molecular weight excluding hydrogens is 200 g/mol. The summed E-state index contributed by atoms with van der Waals surface area (Å²) in [4.78, 5) is 2.42. The average molecular weight is 220 g/mol. The zero-order valence-corrected chi connectivity index (χ0v) is 9.91.